The molecule has 0 bridgehead atoms. The van der Waals surface area contributed by atoms with E-state index < -0.39 is 5.60 Å². The van der Waals surface area contributed by atoms with Gasteiger partial charge in [-0.2, -0.15) is 0 Å². The van der Waals surface area contributed by atoms with E-state index in [1.54, 1.807) is 0 Å². The Balaban J connectivity index is 2.53. The minimum Gasteiger partial charge on any atom is -0.444 e. The molecular weight excluding hydrogens is 305 g/mol. The van der Waals surface area contributed by atoms with Crippen LogP contribution in [0.4, 0.5) is 4.79 Å². The van der Waals surface area contributed by atoms with Crippen LogP contribution >= 0.6 is 22.6 Å². The quantitative estimate of drug-likeness (QED) is 0.506. The van der Waals surface area contributed by atoms with Crippen LogP contribution in [-0.4, -0.2) is 33.1 Å². The number of hydrogen-bond donors (Lipinski definition) is 0. The van der Waals surface area contributed by atoms with Crippen LogP contribution in [0.25, 0.3) is 0 Å². The number of ether oxygens (including phenoxy) is 1. The molecule has 1 saturated heterocycles. The zero-order chi connectivity index (χ0) is 11.6. The van der Waals surface area contributed by atoms with Crippen molar-refractivity contribution in [3.05, 3.63) is 0 Å². The lowest BCUT2D eigenvalue weighted by Crippen LogP contribution is -2.47. The minimum absolute atomic E-state index is 0.168. The van der Waals surface area contributed by atoms with E-state index in [-0.39, 0.29) is 6.09 Å². The maximum absolute atomic E-state index is 11.8. The van der Waals surface area contributed by atoms with Crippen LogP contribution in [0.5, 0.6) is 0 Å². The van der Waals surface area contributed by atoms with Crippen molar-refractivity contribution < 1.29 is 9.53 Å². The zero-order valence-electron chi connectivity index (χ0n) is 9.92. The molecule has 2 atom stereocenters. The summed E-state index contributed by atoms with van der Waals surface area (Å²) in [5.74, 6) is 0. The Kier molecular flexibility index (Phi) is 4.26. The summed E-state index contributed by atoms with van der Waals surface area (Å²) in [7, 11) is 0. The molecule has 1 heterocycles. The number of amides is 1. The van der Waals surface area contributed by atoms with Gasteiger partial charge in [0.25, 0.3) is 0 Å². The SMILES string of the molecule is C[C@@H]1C[C@@H](I)CCN1C(=O)OC(C)(C)C. The molecule has 1 amide bonds. The fourth-order valence-corrected chi connectivity index (χ4v) is 2.72. The van der Waals surface area contributed by atoms with Gasteiger partial charge in [0.15, 0.2) is 0 Å². The molecule has 0 aromatic carbocycles. The zero-order valence-corrected chi connectivity index (χ0v) is 12.1. The Hall–Kier alpha value is 0. The lowest BCUT2D eigenvalue weighted by atomic mass is 10.0. The van der Waals surface area contributed by atoms with Crippen LogP contribution in [-0.2, 0) is 4.74 Å². The van der Waals surface area contributed by atoms with Crippen LogP contribution in [0.15, 0.2) is 0 Å². The van der Waals surface area contributed by atoms with Gasteiger partial charge in [-0.05, 0) is 40.5 Å². The number of carbonyl (C=O) groups is 1. The molecule has 0 aromatic heterocycles. The van der Waals surface area contributed by atoms with Crippen molar-refractivity contribution in [2.45, 2.75) is 56.1 Å². The molecule has 15 heavy (non-hydrogen) atoms. The third-order valence-electron chi connectivity index (χ3n) is 2.44. The molecule has 0 saturated carbocycles. The average molecular weight is 325 g/mol. The van der Waals surface area contributed by atoms with Crippen molar-refractivity contribution in [1.29, 1.82) is 0 Å². The highest BCUT2D eigenvalue weighted by Gasteiger charge is 2.30. The van der Waals surface area contributed by atoms with Crippen molar-refractivity contribution >= 4 is 28.7 Å². The van der Waals surface area contributed by atoms with E-state index in [2.05, 4.69) is 29.5 Å². The molecule has 0 unspecified atom stereocenters. The second-order valence-corrected chi connectivity index (χ2v) is 6.91. The normalized spacial score (nSPS) is 27.7. The first-order valence-corrected chi connectivity index (χ1v) is 6.68. The standard InChI is InChI=1S/C11H20INO2/c1-8-7-9(12)5-6-13(8)10(14)15-11(2,3)4/h8-9H,5-7H2,1-4H3/t8-,9+/m1/s1. The summed E-state index contributed by atoms with van der Waals surface area (Å²) in [6, 6.07) is 0.301. The molecule has 88 valence electrons. The molecule has 0 radical (unpaired) electrons. The first-order chi connectivity index (χ1) is 6.79. The number of piperidine rings is 1. The Morgan fingerprint density at radius 3 is 2.53 bits per heavy atom. The summed E-state index contributed by atoms with van der Waals surface area (Å²) in [4.78, 5) is 13.7. The van der Waals surface area contributed by atoms with Crippen LogP contribution in [0.3, 0.4) is 0 Å². The molecule has 1 rings (SSSR count). The molecule has 3 nitrogen and oxygen atoms in total. The van der Waals surface area contributed by atoms with Gasteiger partial charge in [-0.3, -0.25) is 0 Å². The molecule has 1 aliphatic heterocycles. The van der Waals surface area contributed by atoms with Gasteiger partial charge in [-0.1, -0.05) is 22.6 Å². The third-order valence-corrected chi connectivity index (χ3v) is 3.57. The monoisotopic (exact) mass is 325 g/mol. The van der Waals surface area contributed by atoms with Crippen molar-refractivity contribution in [2.75, 3.05) is 6.54 Å². The lowest BCUT2D eigenvalue weighted by molar-refractivity contribution is 0.0129. The van der Waals surface area contributed by atoms with Gasteiger partial charge in [0.1, 0.15) is 5.60 Å². The molecule has 0 aromatic rings. The predicted molar refractivity (Wildman–Crippen MR) is 69.4 cm³/mol. The average Bonchev–Trinajstić information content (AvgIpc) is 1.99. The Labute approximate surface area is 106 Å². The highest BCUT2D eigenvalue weighted by Crippen LogP contribution is 2.24. The van der Waals surface area contributed by atoms with Gasteiger partial charge in [0.05, 0.1) is 0 Å². The minimum atomic E-state index is -0.391. The van der Waals surface area contributed by atoms with E-state index in [0.29, 0.717) is 9.97 Å². The number of likely N-dealkylation sites (tertiary alicyclic amines) is 1. The third kappa shape index (κ3) is 4.17. The topological polar surface area (TPSA) is 29.5 Å². The largest absolute Gasteiger partial charge is 0.444 e. The van der Waals surface area contributed by atoms with Gasteiger partial charge in [0, 0.05) is 16.5 Å². The number of rotatable bonds is 0. The molecule has 1 fully saturated rings. The van der Waals surface area contributed by atoms with Crippen molar-refractivity contribution in [3.63, 3.8) is 0 Å². The number of halogens is 1. The fourth-order valence-electron chi connectivity index (χ4n) is 1.71. The second-order valence-electron chi connectivity index (χ2n) is 5.14. The summed E-state index contributed by atoms with van der Waals surface area (Å²) in [5.41, 5.74) is -0.391. The Morgan fingerprint density at radius 2 is 2.07 bits per heavy atom. The smallest absolute Gasteiger partial charge is 0.410 e. The van der Waals surface area contributed by atoms with Crippen LogP contribution in [0.2, 0.25) is 0 Å². The highest BCUT2D eigenvalue weighted by atomic mass is 127. The summed E-state index contributed by atoms with van der Waals surface area (Å²) in [6.07, 6.45) is 1.97. The van der Waals surface area contributed by atoms with Gasteiger partial charge in [-0.15, -0.1) is 0 Å². The highest BCUT2D eigenvalue weighted by molar-refractivity contribution is 14.1. The van der Waals surface area contributed by atoms with E-state index in [4.69, 9.17) is 4.74 Å². The van der Waals surface area contributed by atoms with E-state index >= 15 is 0 Å². The molecule has 0 N–H and O–H groups in total. The second kappa shape index (κ2) is 4.89. The van der Waals surface area contributed by atoms with E-state index in [9.17, 15) is 4.79 Å². The van der Waals surface area contributed by atoms with Crippen LogP contribution in [0, 0.1) is 0 Å². The van der Waals surface area contributed by atoms with E-state index in [1.807, 2.05) is 25.7 Å². The van der Waals surface area contributed by atoms with E-state index in [1.165, 1.54) is 0 Å². The summed E-state index contributed by atoms with van der Waals surface area (Å²) in [5, 5.41) is 0. The molecule has 0 spiro atoms. The number of carbonyl (C=O) groups excluding carboxylic acids is 1. The van der Waals surface area contributed by atoms with E-state index in [0.717, 1.165) is 19.4 Å². The molecule has 4 heteroatoms. The Bertz CT molecular complexity index is 237. The fraction of sp³-hybridized carbons (Fsp3) is 0.909. The van der Waals surface area contributed by atoms with Gasteiger partial charge < -0.3 is 9.64 Å². The molecule has 0 aliphatic carbocycles. The maximum Gasteiger partial charge on any atom is 0.410 e. The lowest BCUT2D eigenvalue weighted by Gasteiger charge is -2.36. The summed E-state index contributed by atoms with van der Waals surface area (Å²) < 4.78 is 6.06. The first kappa shape index (κ1) is 13.1. The number of nitrogens with zero attached hydrogens (tertiary/aromatic N) is 1. The van der Waals surface area contributed by atoms with Gasteiger partial charge in [-0.25, -0.2) is 4.79 Å². The van der Waals surface area contributed by atoms with Crippen molar-refractivity contribution in [2.24, 2.45) is 0 Å². The van der Waals surface area contributed by atoms with Crippen LogP contribution < -0.4 is 0 Å². The summed E-state index contributed by atoms with van der Waals surface area (Å²) >= 11 is 2.45. The van der Waals surface area contributed by atoms with Crippen molar-refractivity contribution in [1.82, 2.24) is 4.90 Å². The Morgan fingerprint density at radius 1 is 1.47 bits per heavy atom. The molecular formula is C11H20INO2. The van der Waals surface area contributed by atoms with Crippen molar-refractivity contribution in [3.8, 4) is 0 Å². The summed E-state index contributed by atoms with van der Waals surface area (Å²) in [6.45, 7) is 8.63. The number of alkyl halides is 1. The predicted octanol–water partition coefficient (Wildman–Crippen LogP) is 3.21. The number of hydrogen-bond acceptors (Lipinski definition) is 2. The van der Waals surface area contributed by atoms with Gasteiger partial charge >= 0.3 is 6.09 Å². The molecule has 1 aliphatic rings. The maximum atomic E-state index is 11.8. The van der Waals surface area contributed by atoms with Gasteiger partial charge in [0.2, 0.25) is 0 Å². The first-order valence-electron chi connectivity index (χ1n) is 5.43. The van der Waals surface area contributed by atoms with Crippen LogP contribution in [0.1, 0.15) is 40.5 Å².